The van der Waals surface area contributed by atoms with Gasteiger partial charge >= 0.3 is 0 Å². The number of aromatic nitrogens is 2. The fourth-order valence-electron chi connectivity index (χ4n) is 2.57. The SMILES string of the molecule is CN(C)S(=O)(=O)c1cccc(C(=O)NCC(=O)Nc2ccn(-c3ccccc3)n2)c1. The number of nitrogens with zero attached hydrogens (tertiary/aromatic N) is 3. The number of carbonyl (C=O) groups is 2. The van der Waals surface area contributed by atoms with Crippen LogP contribution in [0.4, 0.5) is 5.82 Å². The Bertz CT molecular complexity index is 1160. The number of hydrogen-bond acceptors (Lipinski definition) is 5. The van der Waals surface area contributed by atoms with Crippen molar-refractivity contribution in [2.75, 3.05) is 26.0 Å². The molecule has 0 aliphatic rings. The van der Waals surface area contributed by atoms with E-state index >= 15 is 0 Å². The summed E-state index contributed by atoms with van der Waals surface area (Å²) in [5, 5.41) is 9.33. The number of benzene rings is 2. The first-order chi connectivity index (χ1) is 14.3. The number of hydrogen-bond donors (Lipinski definition) is 2. The molecule has 2 amide bonds. The summed E-state index contributed by atoms with van der Waals surface area (Å²) in [5.74, 6) is -0.674. The summed E-state index contributed by atoms with van der Waals surface area (Å²) < 4.78 is 27.1. The molecule has 0 fully saturated rings. The standard InChI is InChI=1S/C20H21N5O4S/c1-24(2)30(28,29)17-10-6-7-15(13-17)20(27)21-14-19(26)22-18-11-12-25(23-18)16-8-4-3-5-9-16/h3-13H,14H2,1-2H3,(H,21,27)(H,22,23,26). The lowest BCUT2D eigenvalue weighted by molar-refractivity contribution is -0.115. The van der Waals surface area contributed by atoms with E-state index in [1.54, 1.807) is 16.9 Å². The van der Waals surface area contributed by atoms with Gasteiger partial charge in [0.15, 0.2) is 5.82 Å². The molecule has 0 unspecified atom stereocenters. The van der Waals surface area contributed by atoms with Crippen LogP contribution < -0.4 is 10.6 Å². The van der Waals surface area contributed by atoms with Crippen molar-refractivity contribution in [1.29, 1.82) is 0 Å². The van der Waals surface area contributed by atoms with Crippen LogP contribution in [0.3, 0.4) is 0 Å². The Morgan fingerprint density at radius 2 is 1.77 bits per heavy atom. The average Bonchev–Trinajstić information content (AvgIpc) is 3.21. The molecule has 1 heterocycles. The quantitative estimate of drug-likeness (QED) is 0.593. The second-order valence-electron chi connectivity index (χ2n) is 6.53. The van der Waals surface area contributed by atoms with E-state index in [0.29, 0.717) is 5.82 Å². The zero-order valence-electron chi connectivity index (χ0n) is 16.4. The minimum atomic E-state index is -3.66. The molecule has 9 nitrogen and oxygen atoms in total. The summed E-state index contributed by atoms with van der Waals surface area (Å²) in [5.41, 5.74) is 0.984. The third-order valence-electron chi connectivity index (χ3n) is 4.16. The van der Waals surface area contributed by atoms with Gasteiger partial charge < -0.3 is 10.6 Å². The molecule has 2 aromatic carbocycles. The minimum Gasteiger partial charge on any atom is -0.343 e. The predicted octanol–water partition coefficient (Wildman–Crippen LogP) is 1.49. The lowest BCUT2D eigenvalue weighted by Crippen LogP contribution is -2.33. The van der Waals surface area contributed by atoms with Crippen LogP contribution in [-0.2, 0) is 14.8 Å². The molecule has 0 atom stereocenters. The van der Waals surface area contributed by atoms with Crippen LogP contribution >= 0.6 is 0 Å². The third-order valence-corrected chi connectivity index (χ3v) is 5.97. The van der Waals surface area contributed by atoms with Gasteiger partial charge in [-0.3, -0.25) is 9.59 Å². The number of amides is 2. The molecule has 0 saturated carbocycles. The normalized spacial score (nSPS) is 11.3. The molecule has 1 aromatic heterocycles. The zero-order valence-corrected chi connectivity index (χ0v) is 17.3. The summed E-state index contributed by atoms with van der Waals surface area (Å²) in [4.78, 5) is 24.4. The van der Waals surface area contributed by atoms with Crippen molar-refractivity contribution in [2.45, 2.75) is 4.90 Å². The molecule has 30 heavy (non-hydrogen) atoms. The maximum Gasteiger partial charge on any atom is 0.251 e. The number of para-hydroxylation sites is 1. The minimum absolute atomic E-state index is 0.00365. The molecule has 0 aliphatic heterocycles. The topological polar surface area (TPSA) is 113 Å². The average molecular weight is 427 g/mol. The number of rotatable bonds is 7. The highest BCUT2D eigenvalue weighted by molar-refractivity contribution is 7.89. The molecule has 2 N–H and O–H groups in total. The Kier molecular flexibility index (Phi) is 6.28. The molecule has 0 aliphatic carbocycles. The van der Waals surface area contributed by atoms with Gasteiger partial charge in [-0.15, -0.1) is 0 Å². The summed E-state index contributed by atoms with van der Waals surface area (Å²) in [7, 11) is -0.846. The van der Waals surface area contributed by atoms with Crippen molar-refractivity contribution in [3.8, 4) is 5.69 Å². The van der Waals surface area contributed by atoms with Gasteiger partial charge in [0.05, 0.1) is 17.1 Å². The Balaban J connectivity index is 1.59. The van der Waals surface area contributed by atoms with Gasteiger partial charge in [0.25, 0.3) is 5.91 Å². The van der Waals surface area contributed by atoms with E-state index in [-0.39, 0.29) is 17.0 Å². The first kappa shape index (κ1) is 21.2. The van der Waals surface area contributed by atoms with Crippen LogP contribution in [0.1, 0.15) is 10.4 Å². The van der Waals surface area contributed by atoms with Crippen molar-refractivity contribution >= 4 is 27.7 Å². The molecular weight excluding hydrogens is 406 g/mol. The number of sulfonamides is 1. The highest BCUT2D eigenvalue weighted by Crippen LogP contribution is 2.15. The maximum atomic E-state index is 12.3. The molecule has 0 saturated heterocycles. The van der Waals surface area contributed by atoms with Crippen LogP contribution in [0.5, 0.6) is 0 Å². The van der Waals surface area contributed by atoms with Gasteiger partial charge in [-0.05, 0) is 30.3 Å². The number of anilines is 1. The number of carbonyl (C=O) groups excluding carboxylic acids is 2. The van der Waals surface area contributed by atoms with E-state index in [1.807, 2.05) is 30.3 Å². The van der Waals surface area contributed by atoms with Gasteiger partial charge in [0, 0.05) is 31.9 Å². The van der Waals surface area contributed by atoms with E-state index in [0.717, 1.165) is 9.99 Å². The molecule has 10 heteroatoms. The zero-order chi connectivity index (χ0) is 21.7. The highest BCUT2D eigenvalue weighted by Gasteiger charge is 2.19. The van der Waals surface area contributed by atoms with Crippen LogP contribution in [-0.4, -0.2) is 55.0 Å². The molecule has 0 radical (unpaired) electrons. The van der Waals surface area contributed by atoms with E-state index in [4.69, 9.17) is 0 Å². The second kappa shape index (κ2) is 8.89. The van der Waals surface area contributed by atoms with Crippen LogP contribution in [0.15, 0.2) is 71.8 Å². The van der Waals surface area contributed by atoms with Crippen molar-refractivity contribution in [3.05, 3.63) is 72.4 Å². The lowest BCUT2D eigenvalue weighted by atomic mass is 10.2. The maximum absolute atomic E-state index is 12.3. The first-order valence-electron chi connectivity index (χ1n) is 8.99. The Hall–Kier alpha value is -3.50. The van der Waals surface area contributed by atoms with Gasteiger partial charge in [-0.2, -0.15) is 5.10 Å². The monoisotopic (exact) mass is 427 g/mol. The fourth-order valence-corrected chi connectivity index (χ4v) is 3.52. The summed E-state index contributed by atoms with van der Waals surface area (Å²) in [6.07, 6.45) is 1.71. The summed E-state index contributed by atoms with van der Waals surface area (Å²) in [6.45, 7) is -0.290. The third kappa shape index (κ3) is 4.91. The fraction of sp³-hybridized carbons (Fsp3) is 0.150. The molecule has 0 bridgehead atoms. The van der Waals surface area contributed by atoms with Gasteiger partial charge in [0.1, 0.15) is 0 Å². The molecule has 156 valence electrons. The molecule has 3 aromatic rings. The van der Waals surface area contributed by atoms with Crippen LogP contribution in [0.25, 0.3) is 5.69 Å². The van der Waals surface area contributed by atoms with Crippen molar-refractivity contribution in [3.63, 3.8) is 0 Å². The number of nitrogens with one attached hydrogen (secondary N) is 2. The Labute approximate surface area is 174 Å². The van der Waals surface area contributed by atoms with Crippen molar-refractivity contribution in [2.24, 2.45) is 0 Å². The van der Waals surface area contributed by atoms with Gasteiger partial charge in [-0.25, -0.2) is 17.4 Å². The predicted molar refractivity (Wildman–Crippen MR) is 112 cm³/mol. The smallest absolute Gasteiger partial charge is 0.251 e. The second-order valence-corrected chi connectivity index (χ2v) is 8.68. The van der Waals surface area contributed by atoms with Crippen molar-refractivity contribution in [1.82, 2.24) is 19.4 Å². The van der Waals surface area contributed by atoms with E-state index in [1.165, 1.54) is 38.4 Å². The first-order valence-corrected chi connectivity index (χ1v) is 10.4. The van der Waals surface area contributed by atoms with Crippen LogP contribution in [0.2, 0.25) is 0 Å². The van der Waals surface area contributed by atoms with Gasteiger partial charge in [-0.1, -0.05) is 24.3 Å². The van der Waals surface area contributed by atoms with E-state index in [9.17, 15) is 18.0 Å². The Morgan fingerprint density at radius 3 is 2.47 bits per heavy atom. The Morgan fingerprint density at radius 1 is 1.03 bits per heavy atom. The largest absolute Gasteiger partial charge is 0.343 e. The van der Waals surface area contributed by atoms with E-state index < -0.39 is 21.8 Å². The lowest BCUT2D eigenvalue weighted by Gasteiger charge is -2.12. The van der Waals surface area contributed by atoms with Gasteiger partial charge in [0.2, 0.25) is 15.9 Å². The van der Waals surface area contributed by atoms with E-state index in [2.05, 4.69) is 15.7 Å². The summed E-state index contributed by atoms with van der Waals surface area (Å²) in [6, 6.07) is 16.7. The molecule has 3 rings (SSSR count). The van der Waals surface area contributed by atoms with Crippen molar-refractivity contribution < 1.29 is 18.0 Å². The molecular formula is C20H21N5O4S. The summed E-state index contributed by atoms with van der Waals surface area (Å²) >= 11 is 0. The highest BCUT2D eigenvalue weighted by atomic mass is 32.2. The molecule has 0 spiro atoms. The van der Waals surface area contributed by atoms with Crippen LogP contribution in [0, 0.1) is 0 Å².